The molecule has 0 unspecified atom stereocenters. The summed E-state index contributed by atoms with van der Waals surface area (Å²) in [4.78, 5) is 22.4. The Morgan fingerprint density at radius 1 is 1.41 bits per heavy atom. The fourth-order valence-corrected chi connectivity index (χ4v) is 1.26. The molecule has 1 aromatic rings. The molecule has 0 atom stereocenters. The molecule has 92 valence electrons. The van der Waals surface area contributed by atoms with Crippen molar-refractivity contribution in [2.24, 2.45) is 0 Å². The number of alkyl halides is 1. The average Bonchev–Trinajstić information content (AvgIpc) is 2.28. The topological polar surface area (TPSA) is 55.4 Å². The second-order valence-electron chi connectivity index (χ2n) is 3.13. The van der Waals surface area contributed by atoms with Crippen LogP contribution >= 0.6 is 11.6 Å². The van der Waals surface area contributed by atoms with Gasteiger partial charge in [-0.2, -0.15) is 0 Å². The minimum absolute atomic E-state index is 0.0386. The smallest absolute Gasteiger partial charge is 0.338 e. The molecule has 0 saturated carbocycles. The highest BCUT2D eigenvalue weighted by molar-refractivity contribution is 6.29. The Hall–Kier alpha value is -1.62. The summed E-state index contributed by atoms with van der Waals surface area (Å²) in [5.74, 6) is -2.01. The van der Waals surface area contributed by atoms with Gasteiger partial charge < -0.3 is 10.1 Å². The maximum Gasteiger partial charge on any atom is 0.338 e. The Labute approximate surface area is 103 Å². The first-order valence-corrected chi connectivity index (χ1v) is 5.43. The third kappa shape index (κ3) is 4.03. The van der Waals surface area contributed by atoms with Crippen LogP contribution in [0.5, 0.6) is 0 Å². The van der Waals surface area contributed by atoms with Gasteiger partial charge in [0.25, 0.3) is 0 Å². The molecular formula is C11H11ClFNO3. The van der Waals surface area contributed by atoms with Crippen molar-refractivity contribution < 1.29 is 18.7 Å². The van der Waals surface area contributed by atoms with Gasteiger partial charge in [-0.15, -0.1) is 11.6 Å². The lowest BCUT2D eigenvalue weighted by Gasteiger charge is -2.06. The van der Waals surface area contributed by atoms with Crippen molar-refractivity contribution in [3.8, 4) is 0 Å². The monoisotopic (exact) mass is 259 g/mol. The van der Waals surface area contributed by atoms with E-state index < -0.39 is 17.7 Å². The zero-order valence-electron chi connectivity index (χ0n) is 9.13. The molecule has 17 heavy (non-hydrogen) atoms. The number of carbonyl (C=O) groups is 2. The maximum absolute atomic E-state index is 13.2. The third-order valence-electron chi connectivity index (χ3n) is 1.81. The minimum atomic E-state index is -0.645. The summed E-state index contributed by atoms with van der Waals surface area (Å²) in [5.41, 5.74) is 0.204. The molecule has 0 saturated heterocycles. The zero-order chi connectivity index (χ0) is 12.8. The van der Waals surface area contributed by atoms with Crippen LogP contribution in [-0.4, -0.2) is 24.4 Å². The number of benzene rings is 1. The zero-order valence-corrected chi connectivity index (χ0v) is 9.88. The Kier molecular flexibility index (Phi) is 4.90. The highest BCUT2D eigenvalue weighted by Gasteiger charge is 2.10. The molecule has 1 aromatic carbocycles. The van der Waals surface area contributed by atoms with Crippen LogP contribution in [0, 0.1) is 5.82 Å². The van der Waals surface area contributed by atoms with Crippen LogP contribution in [0.25, 0.3) is 0 Å². The van der Waals surface area contributed by atoms with Crippen LogP contribution < -0.4 is 5.32 Å². The number of nitrogens with one attached hydrogen (secondary N) is 1. The third-order valence-corrected chi connectivity index (χ3v) is 2.06. The summed E-state index contributed by atoms with van der Waals surface area (Å²) in [7, 11) is 0. The first-order chi connectivity index (χ1) is 8.06. The average molecular weight is 260 g/mol. The predicted molar refractivity (Wildman–Crippen MR) is 61.7 cm³/mol. The molecule has 0 bridgehead atoms. The molecule has 0 aromatic heterocycles. The van der Waals surface area contributed by atoms with Crippen LogP contribution in [0.3, 0.4) is 0 Å². The summed E-state index contributed by atoms with van der Waals surface area (Å²) < 4.78 is 17.9. The van der Waals surface area contributed by atoms with Gasteiger partial charge in [-0.05, 0) is 25.1 Å². The molecule has 0 heterocycles. The van der Waals surface area contributed by atoms with Crippen LogP contribution in [0.2, 0.25) is 0 Å². The van der Waals surface area contributed by atoms with E-state index in [0.29, 0.717) is 0 Å². The lowest BCUT2D eigenvalue weighted by atomic mass is 10.2. The Morgan fingerprint density at radius 2 is 2.12 bits per heavy atom. The Bertz CT molecular complexity index is 437. The molecule has 1 rings (SSSR count). The van der Waals surface area contributed by atoms with Crippen LogP contribution in [0.4, 0.5) is 10.1 Å². The molecule has 4 nitrogen and oxygen atoms in total. The SMILES string of the molecule is CCOC(=O)c1cc(F)cc(NC(=O)CCl)c1. The van der Waals surface area contributed by atoms with Crippen molar-refractivity contribution in [2.45, 2.75) is 6.92 Å². The Morgan fingerprint density at radius 3 is 2.71 bits per heavy atom. The number of halogens is 2. The predicted octanol–water partition coefficient (Wildman–Crippen LogP) is 2.18. The first-order valence-electron chi connectivity index (χ1n) is 4.90. The van der Waals surface area contributed by atoms with Crippen LogP contribution in [-0.2, 0) is 9.53 Å². The van der Waals surface area contributed by atoms with Crippen LogP contribution in [0.1, 0.15) is 17.3 Å². The number of anilines is 1. The lowest BCUT2D eigenvalue weighted by molar-refractivity contribution is -0.113. The lowest BCUT2D eigenvalue weighted by Crippen LogP contribution is -2.14. The summed E-state index contributed by atoms with van der Waals surface area (Å²) >= 11 is 5.30. The quantitative estimate of drug-likeness (QED) is 0.666. The summed E-state index contributed by atoms with van der Waals surface area (Å²) in [6, 6.07) is 3.45. The van der Waals surface area contributed by atoms with E-state index in [0.717, 1.165) is 12.1 Å². The largest absolute Gasteiger partial charge is 0.462 e. The van der Waals surface area contributed by atoms with E-state index >= 15 is 0 Å². The van der Waals surface area contributed by atoms with Crippen molar-refractivity contribution in [1.29, 1.82) is 0 Å². The molecule has 0 fully saturated rings. The molecule has 0 radical (unpaired) electrons. The van der Waals surface area contributed by atoms with E-state index in [1.165, 1.54) is 6.07 Å². The molecule has 1 amide bonds. The first kappa shape index (κ1) is 13.4. The van der Waals surface area contributed by atoms with Gasteiger partial charge in [0.1, 0.15) is 11.7 Å². The standard InChI is InChI=1S/C11H11ClFNO3/c1-2-17-11(16)7-3-8(13)5-9(4-7)14-10(15)6-12/h3-5H,2,6H2,1H3,(H,14,15). The summed E-state index contributed by atoms with van der Waals surface area (Å²) in [5, 5.41) is 2.35. The summed E-state index contributed by atoms with van der Waals surface area (Å²) in [6.07, 6.45) is 0. The van der Waals surface area contributed by atoms with Gasteiger partial charge in [0.15, 0.2) is 0 Å². The molecular weight excluding hydrogens is 249 g/mol. The number of ether oxygens (including phenoxy) is 1. The number of esters is 1. The van der Waals surface area contributed by atoms with Crippen molar-refractivity contribution in [3.05, 3.63) is 29.6 Å². The number of rotatable bonds is 4. The fourth-order valence-electron chi connectivity index (χ4n) is 1.19. The van der Waals surface area contributed by atoms with Gasteiger partial charge in [0.05, 0.1) is 12.2 Å². The number of hydrogen-bond acceptors (Lipinski definition) is 3. The number of carbonyl (C=O) groups excluding carboxylic acids is 2. The number of amides is 1. The second-order valence-corrected chi connectivity index (χ2v) is 3.40. The molecule has 0 aliphatic carbocycles. The van der Waals surface area contributed by atoms with Gasteiger partial charge in [-0.25, -0.2) is 9.18 Å². The van der Waals surface area contributed by atoms with E-state index in [4.69, 9.17) is 16.3 Å². The van der Waals surface area contributed by atoms with Crippen LogP contribution in [0.15, 0.2) is 18.2 Å². The van der Waals surface area contributed by atoms with Crippen molar-refractivity contribution in [1.82, 2.24) is 0 Å². The highest BCUT2D eigenvalue weighted by Crippen LogP contribution is 2.15. The minimum Gasteiger partial charge on any atom is -0.462 e. The molecule has 1 N–H and O–H groups in total. The molecule has 0 spiro atoms. The van der Waals surface area contributed by atoms with Gasteiger partial charge in [0, 0.05) is 5.69 Å². The molecule has 6 heteroatoms. The van der Waals surface area contributed by atoms with Gasteiger partial charge >= 0.3 is 5.97 Å². The second kappa shape index (κ2) is 6.20. The summed E-state index contributed by atoms with van der Waals surface area (Å²) in [6.45, 7) is 1.84. The van der Waals surface area contributed by atoms with E-state index in [-0.39, 0.29) is 23.7 Å². The fraction of sp³-hybridized carbons (Fsp3) is 0.273. The maximum atomic E-state index is 13.2. The van der Waals surface area contributed by atoms with Crippen molar-refractivity contribution in [2.75, 3.05) is 17.8 Å². The van der Waals surface area contributed by atoms with E-state index in [1.807, 2.05) is 0 Å². The van der Waals surface area contributed by atoms with Gasteiger partial charge in [-0.3, -0.25) is 4.79 Å². The highest BCUT2D eigenvalue weighted by atomic mass is 35.5. The number of hydrogen-bond donors (Lipinski definition) is 1. The van der Waals surface area contributed by atoms with E-state index in [1.54, 1.807) is 6.92 Å². The molecule has 0 aliphatic heterocycles. The van der Waals surface area contributed by atoms with E-state index in [2.05, 4.69) is 5.32 Å². The van der Waals surface area contributed by atoms with E-state index in [9.17, 15) is 14.0 Å². The van der Waals surface area contributed by atoms with Gasteiger partial charge in [-0.1, -0.05) is 0 Å². The van der Waals surface area contributed by atoms with Crippen molar-refractivity contribution >= 4 is 29.2 Å². The van der Waals surface area contributed by atoms with Gasteiger partial charge in [0.2, 0.25) is 5.91 Å². The Balaban J connectivity index is 2.93. The van der Waals surface area contributed by atoms with Crippen molar-refractivity contribution in [3.63, 3.8) is 0 Å². The normalized spacial score (nSPS) is 9.82. The molecule has 0 aliphatic rings.